The van der Waals surface area contributed by atoms with Crippen molar-refractivity contribution in [3.05, 3.63) is 11.1 Å². The van der Waals surface area contributed by atoms with Gasteiger partial charge >= 0.3 is 11.9 Å². The minimum atomic E-state index is -0.684. The van der Waals surface area contributed by atoms with Crippen LogP contribution in [0.4, 0.5) is 0 Å². The van der Waals surface area contributed by atoms with Gasteiger partial charge in [-0.2, -0.15) is 0 Å². The molecule has 2 aliphatic heterocycles. The first-order valence-corrected chi connectivity index (χ1v) is 9.36. The molecule has 132 valence electrons. The van der Waals surface area contributed by atoms with Crippen molar-refractivity contribution in [2.24, 2.45) is 28.6 Å². The molecular formula is C20H28O4. The molecule has 3 fully saturated rings. The monoisotopic (exact) mass is 332 g/mol. The normalized spacial score (nSPS) is 44.0. The summed E-state index contributed by atoms with van der Waals surface area (Å²) in [6.45, 7) is 9.02. The summed E-state index contributed by atoms with van der Waals surface area (Å²) in [5, 5.41) is 0. The molecule has 0 aromatic rings. The van der Waals surface area contributed by atoms with Crippen LogP contribution in [0.25, 0.3) is 0 Å². The highest BCUT2D eigenvalue weighted by Gasteiger charge is 2.57. The third-order valence-electron chi connectivity index (χ3n) is 6.91. The lowest BCUT2D eigenvalue weighted by atomic mass is 9.56. The van der Waals surface area contributed by atoms with Crippen molar-refractivity contribution in [1.82, 2.24) is 0 Å². The van der Waals surface area contributed by atoms with Gasteiger partial charge in [0.15, 0.2) is 0 Å². The standard InChI is InChI=1S/C20H28O4/c1-11-14-13(20(4)9-5-8-19(2,3)10-20)7-6-12-15(14)18(23-16(11)21)24-17(12)22/h11-12,15,18H,5-10H2,1-4H3/t11-,12-,15-,18-,20+/m1/s1. The number of carbonyl (C=O) groups excluding carboxylic acids is 2. The summed E-state index contributed by atoms with van der Waals surface area (Å²) < 4.78 is 10.8. The van der Waals surface area contributed by atoms with Crippen molar-refractivity contribution in [3.63, 3.8) is 0 Å². The quantitative estimate of drug-likeness (QED) is 0.538. The van der Waals surface area contributed by atoms with Gasteiger partial charge in [0.05, 0.1) is 17.8 Å². The predicted molar refractivity (Wildman–Crippen MR) is 88.7 cm³/mol. The number of carbonyl (C=O) groups is 2. The molecule has 0 unspecified atom stereocenters. The van der Waals surface area contributed by atoms with Crippen LogP contribution in [-0.2, 0) is 19.1 Å². The van der Waals surface area contributed by atoms with Gasteiger partial charge in [-0.1, -0.05) is 32.8 Å². The average Bonchev–Trinajstić information content (AvgIpc) is 2.80. The number of allylic oxidation sites excluding steroid dienone is 1. The molecule has 0 spiro atoms. The van der Waals surface area contributed by atoms with Crippen molar-refractivity contribution in [2.75, 3.05) is 0 Å². The molecule has 2 aliphatic carbocycles. The summed E-state index contributed by atoms with van der Waals surface area (Å²) >= 11 is 0. The van der Waals surface area contributed by atoms with E-state index >= 15 is 0 Å². The average molecular weight is 332 g/mol. The fraction of sp³-hybridized carbons (Fsp3) is 0.800. The molecule has 0 amide bonds. The number of hydrogen-bond acceptors (Lipinski definition) is 4. The molecule has 4 heteroatoms. The first-order chi connectivity index (χ1) is 11.2. The minimum Gasteiger partial charge on any atom is -0.424 e. The van der Waals surface area contributed by atoms with Crippen molar-refractivity contribution in [1.29, 1.82) is 0 Å². The van der Waals surface area contributed by atoms with E-state index in [9.17, 15) is 9.59 Å². The van der Waals surface area contributed by atoms with Crippen molar-refractivity contribution >= 4 is 11.9 Å². The number of hydrogen-bond donors (Lipinski definition) is 0. The molecule has 0 aromatic carbocycles. The van der Waals surface area contributed by atoms with Crippen LogP contribution in [0.15, 0.2) is 11.1 Å². The van der Waals surface area contributed by atoms with Crippen LogP contribution in [0.5, 0.6) is 0 Å². The maximum atomic E-state index is 12.4. The number of esters is 2. The Labute approximate surface area is 144 Å². The zero-order valence-corrected chi connectivity index (χ0v) is 15.2. The fourth-order valence-corrected chi connectivity index (χ4v) is 6.01. The van der Waals surface area contributed by atoms with Crippen LogP contribution in [0.2, 0.25) is 0 Å². The van der Waals surface area contributed by atoms with Gasteiger partial charge in [-0.15, -0.1) is 0 Å². The van der Waals surface area contributed by atoms with E-state index in [1.165, 1.54) is 30.4 Å². The highest BCUT2D eigenvalue weighted by molar-refractivity contribution is 5.82. The maximum absolute atomic E-state index is 12.4. The van der Waals surface area contributed by atoms with E-state index in [0.717, 1.165) is 19.3 Å². The highest BCUT2D eigenvalue weighted by atomic mass is 16.7. The SMILES string of the molecule is C[C@H]1C(=O)O[C@@H]2OC(=O)[C@@H]3CCC([C@@]4(C)CCCC(C)(C)C4)=C1[C@H]23. The second kappa shape index (κ2) is 5.09. The molecule has 0 aromatic heterocycles. The van der Waals surface area contributed by atoms with Gasteiger partial charge in [0, 0.05) is 0 Å². The van der Waals surface area contributed by atoms with E-state index < -0.39 is 6.29 Å². The van der Waals surface area contributed by atoms with Gasteiger partial charge in [-0.25, -0.2) is 0 Å². The third kappa shape index (κ3) is 2.25. The number of ether oxygens (including phenoxy) is 2. The van der Waals surface area contributed by atoms with Gasteiger partial charge in [-0.05, 0) is 55.4 Å². The third-order valence-corrected chi connectivity index (χ3v) is 6.91. The molecule has 2 heterocycles. The smallest absolute Gasteiger partial charge is 0.315 e. The summed E-state index contributed by atoms with van der Waals surface area (Å²) in [7, 11) is 0. The van der Waals surface area contributed by atoms with Crippen LogP contribution >= 0.6 is 0 Å². The Bertz CT molecular complexity index is 632. The molecule has 2 saturated heterocycles. The van der Waals surface area contributed by atoms with Crippen LogP contribution in [0.1, 0.15) is 66.2 Å². The first kappa shape index (κ1) is 16.2. The van der Waals surface area contributed by atoms with E-state index in [0.29, 0.717) is 5.41 Å². The van der Waals surface area contributed by atoms with Crippen molar-refractivity contribution in [2.45, 2.75) is 72.5 Å². The lowest BCUT2D eigenvalue weighted by Crippen LogP contribution is -2.44. The minimum absolute atomic E-state index is 0.0455. The fourth-order valence-electron chi connectivity index (χ4n) is 6.01. The zero-order valence-electron chi connectivity index (χ0n) is 15.2. The van der Waals surface area contributed by atoms with Crippen LogP contribution < -0.4 is 0 Å². The van der Waals surface area contributed by atoms with E-state index in [1.807, 2.05) is 6.92 Å². The Hall–Kier alpha value is -1.32. The predicted octanol–water partition coefficient (Wildman–Crippen LogP) is 3.99. The van der Waals surface area contributed by atoms with Crippen LogP contribution in [0.3, 0.4) is 0 Å². The molecule has 0 radical (unpaired) electrons. The summed E-state index contributed by atoms with van der Waals surface area (Å²) in [6.07, 6.45) is 5.88. The Kier molecular flexibility index (Phi) is 3.43. The van der Waals surface area contributed by atoms with Crippen LogP contribution in [0, 0.1) is 28.6 Å². The highest BCUT2D eigenvalue weighted by Crippen LogP contribution is 2.58. The second-order valence-electron chi connectivity index (χ2n) is 9.32. The largest absolute Gasteiger partial charge is 0.424 e. The van der Waals surface area contributed by atoms with Crippen LogP contribution in [-0.4, -0.2) is 18.2 Å². The summed E-state index contributed by atoms with van der Waals surface area (Å²) in [5.74, 6) is -0.837. The van der Waals surface area contributed by atoms with Gasteiger partial charge in [0.1, 0.15) is 0 Å². The summed E-state index contributed by atoms with van der Waals surface area (Å²) in [5.41, 5.74) is 3.07. The van der Waals surface area contributed by atoms with E-state index in [-0.39, 0.29) is 35.1 Å². The Morgan fingerprint density at radius 1 is 1.04 bits per heavy atom. The lowest BCUT2D eigenvalue weighted by Gasteiger charge is -2.49. The van der Waals surface area contributed by atoms with Gasteiger partial charge < -0.3 is 9.47 Å². The summed E-state index contributed by atoms with van der Waals surface area (Å²) in [4.78, 5) is 24.6. The van der Waals surface area contributed by atoms with E-state index in [2.05, 4.69) is 20.8 Å². The number of rotatable bonds is 1. The molecule has 4 nitrogen and oxygen atoms in total. The molecular weight excluding hydrogens is 304 g/mol. The molecule has 0 N–H and O–H groups in total. The zero-order chi connectivity index (χ0) is 17.3. The first-order valence-electron chi connectivity index (χ1n) is 9.36. The van der Waals surface area contributed by atoms with Gasteiger partial charge in [0.2, 0.25) is 0 Å². The van der Waals surface area contributed by atoms with Gasteiger partial charge in [-0.3, -0.25) is 9.59 Å². The van der Waals surface area contributed by atoms with Gasteiger partial charge in [0.25, 0.3) is 6.29 Å². The lowest BCUT2D eigenvalue weighted by molar-refractivity contribution is -0.188. The molecule has 0 bridgehead atoms. The molecule has 4 aliphatic rings. The molecule has 4 rings (SSSR count). The van der Waals surface area contributed by atoms with E-state index in [1.54, 1.807) is 0 Å². The van der Waals surface area contributed by atoms with Crippen molar-refractivity contribution in [3.8, 4) is 0 Å². The maximum Gasteiger partial charge on any atom is 0.315 e. The Morgan fingerprint density at radius 3 is 2.46 bits per heavy atom. The van der Waals surface area contributed by atoms with E-state index in [4.69, 9.17) is 9.47 Å². The topological polar surface area (TPSA) is 52.6 Å². The molecule has 24 heavy (non-hydrogen) atoms. The Morgan fingerprint density at radius 2 is 1.75 bits per heavy atom. The Balaban J connectivity index is 1.81. The van der Waals surface area contributed by atoms with Crippen molar-refractivity contribution < 1.29 is 19.1 Å². The summed E-state index contributed by atoms with van der Waals surface area (Å²) in [6, 6.07) is 0. The second-order valence-corrected chi connectivity index (χ2v) is 9.32. The molecule has 5 atom stereocenters. The molecule has 1 saturated carbocycles.